The molecule has 1 saturated heterocycles. The molecule has 1 fully saturated rings. The molecule has 1 unspecified atom stereocenters. The zero-order chi connectivity index (χ0) is 8.10. The number of thioether (sulfide) groups is 1. The molecule has 0 aliphatic carbocycles. The minimum Gasteiger partial charge on any atom is -0.309 e. The second kappa shape index (κ2) is 4.50. The largest absolute Gasteiger partial charge is 0.309 e. The molecule has 62 valence electrons. The van der Waals surface area contributed by atoms with Crippen molar-refractivity contribution in [1.82, 2.24) is 4.90 Å². The Bertz CT molecular complexity index is 153. The lowest BCUT2D eigenvalue weighted by molar-refractivity contribution is 0.488. The van der Waals surface area contributed by atoms with E-state index in [-0.39, 0.29) is 0 Å². The Labute approximate surface area is 72.6 Å². The molecule has 1 heterocycles. The van der Waals surface area contributed by atoms with Crippen LogP contribution in [0.3, 0.4) is 0 Å². The predicted molar refractivity (Wildman–Crippen MR) is 48.3 cm³/mol. The number of nitrogens with zero attached hydrogens (tertiary/aromatic N) is 2. The zero-order valence-electron chi connectivity index (χ0n) is 6.92. The van der Waals surface area contributed by atoms with Crippen molar-refractivity contribution in [2.45, 2.75) is 25.0 Å². The van der Waals surface area contributed by atoms with Crippen LogP contribution >= 0.6 is 11.8 Å². The monoisotopic (exact) mass is 170 g/mol. The quantitative estimate of drug-likeness (QED) is 0.603. The highest BCUT2D eigenvalue weighted by Gasteiger charge is 2.20. The topological polar surface area (TPSA) is 27.0 Å². The summed E-state index contributed by atoms with van der Waals surface area (Å²) in [4.78, 5) is 1.85. The minimum absolute atomic E-state index is 0.717. The molecule has 0 saturated carbocycles. The molecule has 11 heavy (non-hydrogen) atoms. The van der Waals surface area contributed by atoms with Crippen LogP contribution in [0.15, 0.2) is 0 Å². The molecule has 1 atom stereocenters. The first-order valence-corrected chi connectivity index (χ1v) is 5.18. The number of likely N-dealkylation sites (tertiary alicyclic amines) is 1. The lowest BCUT2D eigenvalue weighted by Crippen LogP contribution is -2.14. The van der Waals surface area contributed by atoms with Crippen molar-refractivity contribution in [2.24, 2.45) is 0 Å². The molecule has 1 aliphatic heterocycles. The fraction of sp³-hybridized carbons (Fsp3) is 0.875. The summed E-state index contributed by atoms with van der Waals surface area (Å²) < 4.78 is 0. The Kier molecular flexibility index (Phi) is 3.58. The van der Waals surface area contributed by atoms with E-state index in [0.717, 1.165) is 18.3 Å². The summed E-state index contributed by atoms with van der Waals surface area (Å²) in [6.45, 7) is 4.14. The molecule has 0 amide bonds. The molecule has 3 heteroatoms. The van der Waals surface area contributed by atoms with Gasteiger partial charge in [-0.05, 0) is 18.6 Å². The Morgan fingerprint density at radius 2 is 2.55 bits per heavy atom. The second-order valence-corrected chi connectivity index (χ2v) is 4.24. The van der Waals surface area contributed by atoms with E-state index in [1.807, 2.05) is 16.7 Å². The van der Waals surface area contributed by atoms with Crippen LogP contribution in [0.25, 0.3) is 0 Å². The molecule has 0 N–H and O–H groups in total. The Morgan fingerprint density at radius 1 is 1.73 bits per heavy atom. The molecule has 0 radical (unpaired) electrons. The second-order valence-electron chi connectivity index (χ2n) is 2.83. The van der Waals surface area contributed by atoms with Gasteiger partial charge in [-0.2, -0.15) is 17.0 Å². The molecule has 1 aliphatic rings. The highest BCUT2D eigenvalue weighted by atomic mass is 32.2. The van der Waals surface area contributed by atoms with E-state index in [1.165, 1.54) is 18.6 Å². The van der Waals surface area contributed by atoms with Gasteiger partial charge in [-0.25, -0.2) is 0 Å². The Balaban J connectivity index is 2.15. The van der Waals surface area contributed by atoms with E-state index < -0.39 is 0 Å². The first-order chi connectivity index (χ1) is 5.36. The van der Waals surface area contributed by atoms with Gasteiger partial charge in [-0.3, -0.25) is 0 Å². The predicted octanol–water partition coefficient (Wildman–Crippen LogP) is 1.68. The molecule has 0 aromatic rings. The molecular formula is C8H14N2S. The maximum Gasteiger partial charge on any atom is 0.179 e. The van der Waals surface area contributed by atoms with E-state index >= 15 is 0 Å². The highest BCUT2D eigenvalue weighted by Crippen LogP contribution is 2.22. The van der Waals surface area contributed by atoms with Gasteiger partial charge in [-0.1, -0.05) is 6.92 Å². The summed E-state index contributed by atoms with van der Waals surface area (Å²) in [6.07, 6.45) is 4.63. The summed E-state index contributed by atoms with van der Waals surface area (Å²) in [5, 5.41) is 9.29. The average Bonchev–Trinajstić information content (AvgIpc) is 2.48. The van der Waals surface area contributed by atoms with Crippen molar-refractivity contribution in [3.8, 4) is 6.19 Å². The van der Waals surface area contributed by atoms with Crippen LogP contribution in [0, 0.1) is 11.5 Å². The summed E-state index contributed by atoms with van der Waals surface area (Å²) >= 11 is 2.01. The van der Waals surface area contributed by atoms with Gasteiger partial charge in [0.15, 0.2) is 6.19 Å². The van der Waals surface area contributed by atoms with Crippen LogP contribution < -0.4 is 0 Å². The van der Waals surface area contributed by atoms with Crippen LogP contribution in [0.4, 0.5) is 0 Å². The van der Waals surface area contributed by atoms with Gasteiger partial charge in [-0.15, -0.1) is 0 Å². The fourth-order valence-corrected chi connectivity index (χ4v) is 2.37. The number of nitriles is 1. The maximum absolute atomic E-state index is 8.58. The average molecular weight is 170 g/mol. The van der Waals surface area contributed by atoms with Gasteiger partial charge in [0.05, 0.1) is 0 Å². The third-order valence-electron chi connectivity index (χ3n) is 1.84. The lowest BCUT2D eigenvalue weighted by Gasteiger charge is -2.07. The first kappa shape index (κ1) is 8.73. The Morgan fingerprint density at radius 3 is 3.09 bits per heavy atom. The fourth-order valence-electron chi connectivity index (χ4n) is 1.24. The van der Waals surface area contributed by atoms with Crippen molar-refractivity contribution in [3.63, 3.8) is 0 Å². The van der Waals surface area contributed by atoms with E-state index in [4.69, 9.17) is 5.26 Å². The summed E-state index contributed by atoms with van der Waals surface area (Å²) in [5.74, 6) is 1.24. The third kappa shape index (κ3) is 2.63. The highest BCUT2D eigenvalue weighted by molar-refractivity contribution is 7.99. The zero-order valence-corrected chi connectivity index (χ0v) is 7.73. The van der Waals surface area contributed by atoms with E-state index in [0.29, 0.717) is 0 Å². The lowest BCUT2D eigenvalue weighted by atomic mass is 10.4. The van der Waals surface area contributed by atoms with Crippen LogP contribution in [-0.2, 0) is 0 Å². The van der Waals surface area contributed by atoms with Gasteiger partial charge in [0, 0.05) is 18.3 Å². The van der Waals surface area contributed by atoms with E-state index in [1.54, 1.807) is 0 Å². The number of hydrogen-bond acceptors (Lipinski definition) is 3. The van der Waals surface area contributed by atoms with Gasteiger partial charge >= 0.3 is 0 Å². The maximum atomic E-state index is 8.58. The molecule has 0 spiro atoms. The normalized spacial score (nSPS) is 23.6. The first-order valence-electron chi connectivity index (χ1n) is 4.13. The SMILES string of the molecule is CCCSC1CCN(C#N)C1. The van der Waals surface area contributed by atoms with Crippen LogP contribution in [0.5, 0.6) is 0 Å². The van der Waals surface area contributed by atoms with Crippen molar-refractivity contribution in [3.05, 3.63) is 0 Å². The van der Waals surface area contributed by atoms with Crippen LogP contribution in [0.1, 0.15) is 19.8 Å². The minimum atomic E-state index is 0.717. The molecule has 1 rings (SSSR count). The number of hydrogen-bond donors (Lipinski definition) is 0. The van der Waals surface area contributed by atoms with Gasteiger partial charge in [0.2, 0.25) is 0 Å². The summed E-state index contributed by atoms with van der Waals surface area (Å²) in [6, 6.07) is 0. The molecule has 0 aromatic heterocycles. The molecule has 0 aromatic carbocycles. The standard InChI is InChI=1S/C8H14N2S/c1-2-5-11-8-3-4-10(6-8)7-9/h8H,2-6H2,1H3. The third-order valence-corrected chi connectivity index (χ3v) is 3.34. The smallest absolute Gasteiger partial charge is 0.179 e. The van der Waals surface area contributed by atoms with E-state index in [2.05, 4.69) is 13.1 Å². The van der Waals surface area contributed by atoms with Crippen molar-refractivity contribution in [1.29, 1.82) is 5.26 Å². The molecule has 0 bridgehead atoms. The van der Waals surface area contributed by atoms with Crippen LogP contribution in [-0.4, -0.2) is 29.0 Å². The summed E-state index contributed by atoms with van der Waals surface area (Å²) in [5.41, 5.74) is 0. The van der Waals surface area contributed by atoms with Gasteiger partial charge in [0.25, 0.3) is 0 Å². The van der Waals surface area contributed by atoms with Gasteiger partial charge in [0.1, 0.15) is 0 Å². The number of rotatable bonds is 3. The van der Waals surface area contributed by atoms with Crippen molar-refractivity contribution in [2.75, 3.05) is 18.8 Å². The summed E-state index contributed by atoms with van der Waals surface area (Å²) in [7, 11) is 0. The van der Waals surface area contributed by atoms with E-state index in [9.17, 15) is 0 Å². The Hall–Kier alpha value is -0.360. The molecule has 2 nitrogen and oxygen atoms in total. The van der Waals surface area contributed by atoms with Crippen molar-refractivity contribution < 1.29 is 0 Å². The van der Waals surface area contributed by atoms with Crippen molar-refractivity contribution >= 4 is 11.8 Å². The molecular weight excluding hydrogens is 156 g/mol. The van der Waals surface area contributed by atoms with Crippen LogP contribution in [0.2, 0.25) is 0 Å². The van der Waals surface area contributed by atoms with Gasteiger partial charge < -0.3 is 4.90 Å².